The second kappa shape index (κ2) is 22.1. The minimum absolute atomic E-state index is 0.0697. The average molecular weight is 1180 g/mol. The molecule has 19 N–H and O–H groups in total. The zero-order valence-corrected chi connectivity index (χ0v) is 42.8. The third-order valence-electron chi connectivity index (χ3n) is 11.5. The van der Waals surface area contributed by atoms with Gasteiger partial charge < -0.3 is 81.5 Å². The van der Waals surface area contributed by atoms with E-state index in [1.54, 1.807) is 0 Å². The number of aromatic nitrogens is 10. The van der Waals surface area contributed by atoms with Crippen molar-refractivity contribution in [2.75, 3.05) is 56.1 Å². The summed E-state index contributed by atoms with van der Waals surface area (Å²) in [6.45, 7) is 0.0328. The molecule has 8 heterocycles. The van der Waals surface area contributed by atoms with Gasteiger partial charge in [0.25, 0.3) is 11.1 Å². The van der Waals surface area contributed by atoms with Crippen LogP contribution in [0, 0.1) is 0 Å². The number of aliphatic hydroxyl groups excluding tert-OH is 4. The Hall–Kier alpha value is -5.32. The molecule has 3 fully saturated rings. The van der Waals surface area contributed by atoms with Crippen LogP contribution in [-0.2, 0) is 63.9 Å². The Morgan fingerprint density at radius 2 is 1.14 bits per heavy atom. The molecule has 44 heteroatoms. The number of phosphoric ester groups is 3. The summed E-state index contributed by atoms with van der Waals surface area (Å²) < 4.78 is 106. The first-order valence-corrected chi connectivity index (χ1v) is 27.7. The lowest BCUT2D eigenvalue weighted by molar-refractivity contribution is -0.540. The molecule has 3 aliphatic rings. The monoisotopic (exact) mass is 1180 g/mol. The number of nitrogens with one attached hydrogen (secondary N) is 3. The van der Waals surface area contributed by atoms with E-state index in [-0.39, 0.29) is 45.7 Å². The van der Waals surface area contributed by atoms with Crippen molar-refractivity contribution in [2.45, 2.75) is 73.6 Å². The minimum atomic E-state index is -6.25. The van der Waals surface area contributed by atoms with E-state index in [9.17, 15) is 72.6 Å². The number of ether oxygens (including phenoxy) is 4. The molecule has 0 bridgehead atoms. The minimum Gasteiger partial charge on any atom is -0.387 e. The van der Waals surface area contributed by atoms with Crippen molar-refractivity contribution < 1.29 is 109 Å². The molecule has 16 atom stereocenters. The quantitative estimate of drug-likeness (QED) is 0.0287. The summed E-state index contributed by atoms with van der Waals surface area (Å²) in [6.07, 6.45) is -18.0. The highest BCUT2D eigenvalue weighted by Crippen LogP contribution is 2.68. The van der Waals surface area contributed by atoms with Gasteiger partial charge in [0, 0.05) is 13.3 Å². The Balaban J connectivity index is 0.941. The van der Waals surface area contributed by atoms with E-state index in [0.29, 0.717) is 0 Å². The molecule has 424 valence electrons. The molecule has 77 heavy (non-hydrogen) atoms. The first-order chi connectivity index (χ1) is 36.1. The summed E-state index contributed by atoms with van der Waals surface area (Å²) in [5.41, 5.74) is 13.7. The van der Waals surface area contributed by atoms with Crippen LogP contribution in [-0.4, -0.2) is 184 Å². The fraction of sp³-hybridized carbons (Fsp3) is 0.515. The van der Waals surface area contributed by atoms with Gasteiger partial charge >= 0.3 is 36.9 Å². The Kier molecular flexibility index (Phi) is 16.6. The number of rotatable bonds is 22. The van der Waals surface area contributed by atoms with E-state index in [1.165, 1.54) is 12.4 Å². The van der Waals surface area contributed by atoms with E-state index >= 15 is 0 Å². The first-order valence-electron chi connectivity index (χ1n) is 21.7. The number of aromatic amines is 3. The standard InChI is InChI=1S/C33H47N15O25P4/c1-4-46(22-13(37-2)25(53)43-31(34)40-22)28-18(51)16(49)11(68-28)6-66-75(58,59)72-77(62,63)73-76(60,61)67-7-12-20(21(64-3)30(70-12)48-9-39-15-24(48)42-33(36)45-27(15)55)71-74(56,57)65-5-10-17(50)19(52)29(69-10)47-8-38-14-23(47)41-32(35)44-26(14)54/h4,8-12,16-21,28-30,37,49-52H,1,5-7H2,2-3H3,(H,56,57)(H,58,59)(H,60,61)(H,62,63)(H3,34,40,43,53)(H3,35,41,44,54)(H3,36,42,45,55)/p+1. The molecule has 40 nitrogen and oxygen atoms in total. The van der Waals surface area contributed by atoms with Crippen molar-refractivity contribution in [3.05, 3.63) is 56.5 Å². The molecule has 0 saturated carbocycles. The van der Waals surface area contributed by atoms with Crippen LogP contribution in [0.4, 0.5) is 29.4 Å². The number of imidazole rings is 2. The number of anilines is 4. The smallest absolute Gasteiger partial charge is 0.387 e. The summed E-state index contributed by atoms with van der Waals surface area (Å²) >= 11 is 0. The number of nitrogen functional groups attached to an aromatic ring is 3. The summed E-state index contributed by atoms with van der Waals surface area (Å²) in [5, 5.41) is 44.6. The zero-order chi connectivity index (χ0) is 56.3. The van der Waals surface area contributed by atoms with E-state index in [1.807, 2.05) is 0 Å². The maximum Gasteiger partial charge on any atom is 0.490 e. The molecule has 0 radical (unpaired) electrons. The Morgan fingerprint density at radius 1 is 0.675 bits per heavy atom. The fourth-order valence-electron chi connectivity index (χ4n) is 8.16. The predicted molar refractivity (Wildman–Crippen MR) is 250 cm³/mol. The van der Waals surface area contributed by atoms with Crippen molar-refractivity contribution in [3.8, 4) is 0 Å². The second-order valence-corrected chi connectivity index (χ2v) is 22.5. The number of phosphoric acid groups is 4. The SMILES string of the molecule is C=CN(c1nc(N)[nH]c(=O)c1[NH2+]C)C1OC(COP(=O)(O)OP(=O)(O)OP(=O)(O)OCC2OC(n3cnc4c(=O)[nH]c(N)nc43)C(OC)C2OP(=O)(O)OCC2OC(n3cnc4c(=O)[nH]c(N)nc43)C(O)C2O)C(O)C1O. The van der Waals surface area contributed by atoms with Crippen molar-refractivity contribution in [2.24, 2.45) is 0 Å². The molecule has 3 saturated heterocycles. The van der Waals surface area contributed by atoms with Gasteiger partial charge in [-0.25, -0.2) is 28.2 Å². The molecule has 0 aromatic carbocycles. The average Bonchev–Trinajstić information content (AvgIpc) is 4.16. The number of nitrogens with two attached hydrogens (primary N) is 4. The van der Waals surface area contributed by atoms with Crippen molar-refractivity contribution in [1.29, 1.82) is 0 Å². The first kappa shape index (κ1) is 57.8. The van der Waals surface area contributed by atoms with Gasteiger partial charge in [-0.1, -0.05) is 6.58 Å². The third-order valence-corrected chi connectivity index (χ3v) is 16.8. The van der Waals surface area contributed by atoms with Gasteiger partial charge in [0.05, 0.1) is 39.5 Å². The van der Waals surface area contributed by atoms with Gasteiger partial charge in [0.2, 0.25) is 29.4 Å². The highest BCUT2D eigenvalue weighted by Gasteiger charge is 2.54. The third kappa shape index (κ3) is 12.1. The summed E-state index contributed by atoms with van der Waals surface area (Å²) in [7, 11) is -21.2. The molecule has 5 aromatic rings. The van der Waals surface area contributed by atoms with Gasteiger partial charge in [0.15, 0.2) is 41.0 Å². The maximum absolute atomic E-state index is 13.7. The number of nitrogens with zero attached hydrogens (tertiary/aromatic N) is 8. The van der Waals surface area contributed by atoms with Crippen LogP contribution >= 0.6 is 31.3 Å². The Bertz CT molecular complexity index is 3420. The molecule has 0 spiro atoms. The molecule has 0 amide bonds. The number of fused-ring (bicyclic) bond motifs is 2. The normalized spacial score (nSPS) is 29.8. The molecular weight excluding hydrogens is 1130 g/mol. The lowest BCUT2D eigenvalue weighted by Gasteiger charge is -2.28. The van der Waals surface area contributed by atoms with Crippen LogP contribution in [0.15, 0.2) is 39.8 Å². The van der Waals surface area contributed by atoms with Gasteiger partial charge in [0.1, 0.15) is 54.9 Å². The van der Waals surface area contributed by atoms with Gasteiger partial charge in [-0.15, -0.1) is 0 Å². The number of hydrogen-bond donors (Lipinski definition) is 15. The van der Waals surface area contributed by atoms with Crippen molar-refractivity contribution in [1.82, 2.24) is 49.0 Å². The number of H-pyrrole nitrogens is 3. The topological polar surface area (TPSA) is 593 Å². The number of quaternary nitrogens is 1. The van der Waals surface area contributed by atoms with E-state index in [4.69, 9.17) is 49.7 Å². The second-order valence-electron chi connectivity index (χ2n) is 16.5. The highest BCUT2D eigenvalue weighted by atomic mass is 31.3. The predicted octanol–water partition coefficient (Wildman–Crippen LogP) is -5.59. The molecular formula is C33H48N15O25P4+. The van der Waals surface area contributed by atoms with Crippen LogP contribution in [0.2, 0.25) is 0 Å². The van der Waals surface area contributed by atoms with Crippen LogP contribution in [0.5, 0.6) is 0 Å². The van der Waals surface area contributed by atoms with Crippen molar-refractivity contribution in [3.63, 3.8) is 0 Å². The van der Waals surface area contributed by atoms with Crippen molar-refractivity contribution >= 4 is 83.0 Å². The van der Waals surface area contributed by atoms with Crippen LogP contribution in [0.1, 0.15) is 12.5 Å². The largest absolute Gasteiger partial charge is 0.490 e. The van der Waals surface area contributed by atoms with Crippen LogP contribution < -0.4 is 44.1 Å². The van der Waals surface area contributed by atoms with Gasteiger partial charge in [-0.3, -0.25) is 61.5 Å². The molecule has 16 unspecified atom stereocenters. The molecule has 3 aliphatic heterocycles. The Morgan fingerprint density at radius 3 is 1.68 bits per heavy atom. The summed E-state index contributed by atoms with van der Waals surface area (Å²) in [4.78, 5) is 107. The molecule has 8 rings (SSSR count). The molecule has 0 aliphatic carbocycles. The van der Waals surface area contributed by atoms with E-state index in [2.05, 4.69) is 59.6 Å². The zero-order valence-electron chi connectivity index (χ0n) is 39.2. The number of methoxy groups -OCH3 is 1. The molecule has 5 aromatic heterocycles. The number of hydrogen-bond acceptors (Lipinski definition) is 30. The van der Waals surface area contributed by atoms with Gasteiger partial charge in [-0.05, 0) is 0 Å². The lowest BCUT2D eigenvalue weighted by atomic mass is 10.1. The van der Waals surface area contributed by atoms with Crippen LogP contribution in [0.25, 0.3) is 22.3 Å². The summed E-state index contributed by atoms with van der Waals surface area (Å²) in [5.74, 6) is -1.29. The highest BCUT2D eigenvalue weighted by molar-refractivity contribution is 7.66. The van der Waals surface area contributed by atoms with Gasteiger partial charge in [-0.2, -0.15) is 23.6 Å². The maximum atomic E-state index is 13.7. The Labute approximate surface area is 426 Å². The lowest BCUT2D eigenvalue weighted by Crippen LogP contribution is -2.75. The van der Waals surface area contributed by atoms with E-state index in [0.717, 1.165) is 40.0 Å². The fourth-order valence-corrected chi connectivity index (χ4v) is 12.6. The summed E-state index contributed by atoms with van der Waals surface area (Å²) in [6, 6.07) is 0. The van der Waals surface area contributed by atoms with E-state index < -0.39 is 147 Å². The van der Waals surface area contributed by atoms with Crippen LogP contribution in [0.3, 0.4) is 0 Å². The number of aliphatic hydroxyl groups is 4.